The lowest BCUT2D eigenvalue weighted by Gasteiger charge is -2.09. The molecule has 0 bridgehead atoms. The van der Waals surface area contributed by atoms with Crippen LogP contribution < -0.4 is 11.3 Å². The van der Waals surface area contributed by atoms with Crippen molar-refractivity contribution in [3.8, 4) is 16.8 Å². The molecule has 0 atom stereocenters. The number of nitrogens with zero attached hydrogens (tertiary/aromatic N) is 1. The average Bonchev–Trinajstić information content (AvgIpc) is 2.47. The van der Waals surface area contributed by atoms with E-state index in [0.717, 1.165) is 5.56 Å². The summed E-state index contributed by atoms with van der Waals surface area (Å²) in [6.45, 7) is 0. The molecule has 3 aromatic rings. The third kappa shape index (κ3) is 2.69. The Morgan fingerprint density at radius 3 is 2.48 bits per heavy atom. The first-order valence-electron chi connectivity index (χ1n) is 6.48. The molecule has 0 saturated heterocycles. The fourth-order valence-electron chi connectivity index (χ4n) is 2.20. The van der Waals surface area contributed by atoms with Crippen molar-refractivity contribution in [1.29, 1.82) is 0 Å². The maximum atomic E-state index is 13.3. The molecule has 2 aromatic carbocycles. The topological polar surface area (TPSA) is 48.0 Å². The minimum Gasteiger partial charge on any atom is -0.399 e. The highest BCUT2D eigenvalue weighted by Crippen LogP contribution is 2.20. The number of pyridine rings is 1. The van der Waals surface area contributed by atoms with Gasteiger partial charge in [-0.1, -0.05) is 18.2 Å². The van der Waals surface area contributed by atoms with Gasteiger partial charge < -0.3 is 5.73 Å². The van der Waals surface area contributed by atoms with Crippen molar-refractivity contribution in [2.45, 2.75) is 0 Å². The van der Waals surface area contributed by atoms with Gasteiger partial charge in [0.25, 0.3) is 5.56 Å². The van der Waals surface area contributed by atoms with Gasteiger partial charge in [0.15, 0.2) is 0 Å². The molecule has 0 aliphatic rings. The summed E-state index contributed by atoms with van der Waals surface area (Å²) in [6, 6.07) is 16.5. The third-order valence-electron chi connectivity index (χ3n) is 3.22. The van der Waals surface area contributed by atoms with E-state index in [1.807, 2.05) is 0 Å². The van der Waals surface area contributed by atoms with E-state index in [1.165, 1.54) is 22.8 Å². The number of aromatic nitrogens is 1. The summed E-state index contributed by atoms with van der Waals surface area (Å²) < 4.78 is 14.8. The number of nitrogens with two attached hydrogens (primary N) is 1. The fraction of sp³-hybridized carbons (Fsp3) is 0. The van der Waals surface area contributed by atoms with E-state index in [9.17, 15) is 9.18 Å². The second-order valence-corrected chi connectivity index (χ2v) is 4.73. The van der Waals surface area contributed by atoms with E-state index in [0.29, 0.717) is 16.9 Å². The lowest BCUT2D eigenvalue weighted by molar-refractivity contribution is 0.628. The van der Waals surface area contributed by atoms with Crippen LogP contribution >= 0.6 is 0 Å². The van der Waals surface area contributed by atoms with Gasteiger partial charge in [-0.05, 0) is 47.5 Å². The molecular formula is C17H13FN2O. The molecule has 1 aromatic heterocycles. The number of halogens is 1. The summed E-state index contributed by atoms with van der Waals surface area (Å²) in [5, 5.41) is 0. The zero-order chi connectivity index (χ0) is 14.8. The van der Waals surface area contributed by atoms with Crippen molar-refractivity contribution in [2.24, 2.45) is 0 Å². The van der Waals surface area contributed by atoms with E-state index in [1.54, 1.807) is 48.7 Å². The van der Waals surface area contributed by atoms with Crippen LogP contribution in [0, 0.1) is 5.82 Å². The van der Waals surface area contributed by atoms with Crippen molar-refractivity contribution in [3.05, 3.63) is 83.0 Å². The zero-order valence-corrected chi connectivity index (χ0v) is 11.2. The zero-order valence-electron chi connectivity index (χ0n) is 11.2. The Balaban J connectivity index is 2.15. The molecule has 2 N–H and O–H groups in total. The van der Waals surface area contributed by atoms with Crippen LogP contribution in [0.5, 0.6) is 0 Å². The molecule has 0 fully saturated rings. The monoisotopic (exact) mass is 280 g/mol. The number of hydrogen-bond acceptors (Lipinski definition) is 2. The van der Waals surface area contributed by atoms with Crippen molar-refractivity contribution in [1.82, 2.24) is 4.57 Å². The molecule has 0 spiro atoms. The van der Waals surface area contributed by atoms with Crippen molar-refractivity contribution >= 4 is 5.69 Å². The quantitative estimate of drug-likeness (QED) is 0.733. The predicted octanol–water partition coefficient (Wildman–Crippen LogP) is 3.23. The van der Waals surface area contributed by atoms with Gasteiger partial charge in [-0.2, -0.15) is 0 Å². The standard InChI is InChI=1S/C17H13FN2O/c18-14-4-1-3-12(9-14)13-7-8-17(21)20(11-13)16-6-2-5-15(19)10-16/h1-11H,19H2. The number of benzene rings is 2. The minimum absolute atomic E-state index is 0.166. The summed E-state index contributed by atoms with van der Waals surface area (Å²) in [6.07, 6.45) is 1.69. The second-order valence-electron chi connectivity index (χ2n) is 4.73. The van der Waals surface area contributed by atoms with Crippen LogP contribution in [-0.2, 0) is 0 Å². The Kier molecular flexibility index (Phi) is 3.28. The smallest absolute Gasteiger partial charge is 0.255 e. The summed E-state index contributed by atoms with van der Waals surface area (Å²) in [5.74, 6) is -0.311. The number of nitrogen functional groups attached to an aromatic ring is 1. The van der Waals surface area contributed by atoms with Gasteiger partial charge in [0.1, 0.15) is 5.82 Å². The highest BCUT2D eigenvalue weighted by molar-refractivity contribution is 5.63. The third-order valence-corrected chi connectivity index (χ3v) is 3.22. The summed E-state index contributed by atoms with van der Waals surface area (Å²) in [4.78, 5) is 12.0. The van der Waals surface area contributed by atoms with E-state index in [-0.39, 0.29) is 11.4 Å². The van der Waals surface area contributed by atoms with Gasteiger partial charge in [0.05, 0.1) is 5.69 Å². The Morgan fingerprint density at radius 2 is 1.71 bits per heavy atom. The van der Waals surface area contributed by atoms with Crippen LogP contribution in [-0.4, -0.2) is 4.57 Å². The molecule has 104 valence electrons. The molecule has 0 amide bonds. The predicted molar refractivity (Wildman–Crippen MR) is 81.8 cm³/mol. The van der Waals surface area contributed by atoms with E-state index in [2.05, 4.69) is 0 Å². The largest absolute Gasteiger partial charge is 0.399 e. The van der Waals surface area contributed by atoms with Gasteiger partial charge in [-0.25, -0.2) is 4.39 Å². The highest BCUT2D eigenvalue weighted by Gasteiger charge is 2.04. The van der Waals surface area contributed by atoms with E-state index < -0.39 is 0 Å². The molecular weight excluding hydrogens is 267 g/mol. The molecule has 0 radical (unpaired) electrons. The molecule has 0 aliphatic heterocycles. The summed E-state index contributed by atoms with van der Waals surface area (Å²) >= 11 is 0. The molecule has 3 nitrogen and oxygen atoms in total. The maximum Gasteiger partial charge on any atom is 0.255 e. The van der Waals surface area contributed by atoms with E-state index >= 15 is 0 Å². The van der Waals surface area contributed by atoms with Crippen molar-refractivity contribution < 1.29 is 4.39 Å². The lowest BCUT2D eigenvalue weighted by atomic mass is 10.1. The Labute approximate surface area is 121 Å². The van der Waals surface area contributed by atoms with Crippen LogP contribution in [0.1, 0.15) is 0 Å². The maximum absolute atomic E-state index is 13.3. The summed E-state index contributed by atoms with van der Waals surface area (Å²) in [5.41, 5.74) is 8.32. The lowest BCUT2D eigenvalue weighted by Crippen LogP contribution is -2.16. The second kappa shape index (κ2) is 5.25. The molecule has 1 heterocycles. The first-order valence-corrected chi connectivity index (χ1v) is 6.48. The van der Waals surface area contributed by atoms with Gasteiger partial charge in [-0.15, -0.1) is 0 Å². The van der Waals surface area contributed by atoms with Gasteiger partial charge in [0.2, 0.25) is 0 Å². The Bertz CT molecular complexity index is 855. The molecule has 0 aliphatic carbocycles. The van der Waals surface area contributed by atoms with Gasteiger partial charge in [-0.3, -0.25) is 9.36 Å². The first-order chi connectivity index (χ1) is 10.1. The first kappa shape index (κ1) is 13.1. The number of hydrogen-bond donors (Lipinski definition) is 1. The normalized spacial score (nSPS) is 10.5. The van der Waals surface area contributed by atoms with Crippen molar-refractivity contribution in [3.63, 3.8) is 0 Å². The molecule has 3 rings (SSSR count). The van der Waals surface area contributed by atoms with Crippen LogP contribution in [0.15, 0.2) is 71.7 Å². The average molecular weight is 280 g/mol. The van der Waals surface area contributed by atoms with Gasteiger partial charge >= 0.3 is 0 Å². The van der Waals surface area contributed by atoms with Gasteiger partial charge in [0, 0.05) is 18.0 Å². The molecule has 0 unspecified atom stereocenters. The molecule has 21 heavy (non-hydrogen) atoms. The molecule has 4 heteroatoms. The Morgan fingerprint density at radius 1 is 0.905 bits per heavy atom. The van der Waals surface area contributed by atoms with Crippen molar-refractivity contribution in [2.75, 3.05) is 5.73 Å². The minimum atomic E-state index is -0.311. The number of rotatable bonds is 2. The Hall–Kier alpha value is -2.88. The van der Waals surface area contributed by atoms with Crippen LogP contribution in [0.4, 0.5) is 10.1 Å². The van der Waals surface area contributed by atoms with Crippen LogP contribution in [0.2, 0.25) is 0 Å². The number of anilines is 1. The van der Waals surface area contributed by atoms with Crippen LogP contribution in [0.25, 0.3) is 16.8 Å². The summed E-state index contributed by atoms with van der Waals surface area (Å²) in [7, 11) is 0. The fourth-order valence-corrected chi connectivity index (χ4v) is 2.20. The highest BCUT2D eigenvalue weighted by atomic mass is 19.1. The molecule has 0 saturated carbocycles. The SMILES string of the molecule is Nc1cccc(-n2cc(-c3cccc(F)c3)ccc2=O)c1. The van der Waals surface area contributed by atoms with E-state index in [4.69, 9.17) is 5.73 Å². The van der Waals surface area contributed by atoms with Crippen LogP contribution in [0.3, 0.4) is 0 Å².